The first-order valence-corrected chi connectivity index (χ1v) is 12.0. The lowest BCUT2D eigenvalue weighted by Gasteiger charge is -2.09. The molecule has 0 fully saturated rings. The SMILES string of the molecule is CCCCCCCCCCC(=O)Oc1ccc(C(=O)Oc2ccc(C(=O)OCC)cc2F)cc1F. The highest BCUT2D eigenvalue weighted by Crippen LogP contribution is 2.23. The topological polar surface area (TPSA) is 78.9 Å². The van der Waals surface area contributed by atoms with Crippen molar-refractivity contribution < 1.29 is 37.4 Å². The van der Waals surface area contributed by atoms with Gasteiger partial charge in [-0.2, -0.15) is 0 Å². The van der Waals surface area contributed by atoms with Crippen molar-refractivity contribution in [2.24, 2.45) is 0 Å². The van der Waals surface area contributed by atoms with Gasteiger partial charge in [-0.1, -0.05) is 51.9 Å². The zero-order valence-corrected chi connectivity index (χ0v) is 20.2. The van der Waals surface area contributed by atoms with Crippen molar-refractivity contribution in [2.45, 2.75) is 71.6 Å². The van der Waals surface area contributed by atoms with Crippen LogP contribution in [0.25, 0.3) is 0 Å². The number of carbonyl (C=O) groups excluding carboxylic acids is 3. The molecule has 0 saturated carbocycles. The molecule has 0 atom stereocenters. The highest BCUT2D eigenvalue weighted by atomic mass is 19.1. The van der Waals surface area contributed by atoms with Gasteiger partial charge in [-0.15, -0.1) is 0 Å². The summed E-state index contributed by atoms with van der Waals surface area (Å²) in [5.41, 5.74) is -0.229. The summed E-state index contributed by atoms with van der Waals surface area (Å²) in [7, 11) is 0. The van der Waals surface area contributed by atoms with Crippen LogP contribution in [0, 0.1) is 11.6 Å². The van der Waals surface area contributed by atoms with E-state index < -0.39 is 35.3 Å². The Morgan fingerprint density at radius 1 is 0.686 bits per heavy atom. The van der Waals surface area contributed by atoms with E-state index in [4.69, 9.17) is 14.2 Å². The van der Waals surface area contributed by atoms with Gasteiger partial charge in [-0.25, -0.2) is 18.4 Å². The van der Waals surface area contributed by atoms with Gasteiger partial charge < -0.3 is 14.2 Å². The van der Waals surface area contributed by atoms with Crippen LogP contribution in [-0.4, -0.2) is 24.5 Å². The second kappa shape index (κ2) is 14.9. The number of benzene rings is 2. The standard InChI is InChI=1S/C27H32F2O6/c1-3-5-6-7-8-9-10-11-12-25(30)34-23-15-14-20(18-21(23)28)27(32)35-24-16-13-19(17-22(24)29)26(31)33-4-2/h13-18H,3-12H2,1-2H3. The number of unbranched alkanes of at least 4 members (excludes halogenated alkanes) is 7. The molecule has 35 heavy (non-hydrogen) atoms. The van der Waals surface area contributed by atoms with Gasteiger partial charge in [-0.3, -0.25) is 4.79 Å². The van der Waals surface area contributed by atoms with Crippen LogP contribution in [0.5, 0.6) is 11.5 Å². The minimum atomic E-state index is -1.01. The van der Waals surface area contributed by atoms with Crippen molar-refractivity contribution in [3.05, 3.63) is 59.2 Å². The Morgan fingerprint density at radius 3 is 1.74 bits per heavy atom. The minimum absolute atomic E-state index is 0.0339. The van der Waals surface area contributed by atoms with E-state index in [2.05, 4.69) is 6.92 Å². The van der Waals surface area contributed by atoms with Gasteiger partial charge in [0.2, 0.25) is 0 Å². The van der Waals surface area contributed by atoms with E-state index >= 15 is 0 Å². The third-order valence-corrected chi connectivity index (χ3v) is 5.27. The van der Waals surface area contributed by atoms with Crippen LogP contribution in [0.3, 0.4) is 0 Å². The van der Waals surface area contributed by atoms with E-state index in [0.717, 1.165) is 43.5 Å². The Hall–Kier alpha value is -3.29. The number of halogens is 2. The molecule has 0 radical (unpaired) electrons. The van der Waals surface area contributed by atoms with Crippen LogP contribution < -0.4 is 9.47 Å². The zero-order chi connectivity index (χ0) is 25.6. The molecule has 2 aromatic carbocycles. The summed E-state index contributed by atoms with van der Waals surface area (Å²) >= 11 is 0. The van der Waals surface area contributed by atoms with Crippen molar-refractivity contribution in [3.63, 3.8) is 0 Å². The van der Waals surface area contributed by atoms with E-state index in [-0.39, 0.29) is 29.9 Å². The molecule has 0 aromatic heterocycles. The maximum atomic E-state index is 14.4. The fourth-order valence-electron chi connectivity index (χ4n) is 3.37. The lowest BCUT2D eigenvalue weighted by atomic mass is 10.1. The summed E-state index contributed by atoms with van der Waals surface area (Å²) in [6.07, 6.45) is 8.83. The molecular formula is C27H32F2O6. The fourth-order valence-corrected chi connectivity index (χ4v) is 3.37. The lowest BCUT2D eigenvalue weighted by Crippen LogP contribution is -2.12. The predicted molar refractivity (Wildman–Crippen MR) is 127 cm³/mol. The maximum Gasteiger partial charge on any atom is 0.343 e. The number of ether oxygens (including phenoxy) is 3. The van der Waals surface area contributed by atoms with Gasteiger partial charge >= 0.3 is 17.9 Å². The number of hydrogen-bond acceptors (Lipinski definition) is 6. The largest absolute Gasteiger partial charge is 0.462 e. The Labute approximate surface area is 204 Å². The number of hydrogen-bond donors (Lipinski definition) is 0. The van der Waals surface area contributed by atoms with Crippen molar-refractivity contribution >= 4 is 17.9 Å². The summed E-state index contributed by atoms with van der Waals surface area (Å²) in [4.78, 5) is 36.0. The average Bonchev–Trinajstić information content (AvgIpc) is 2.83. The molecule has 190 valence electrons. The molecule has 0 aliphatic carbocycles. The van der Waals surface area contributed by atoms with Gasteiger partial charge in [-0.05, 0) is 49.7 Å². The summed E-state index contributed by atoms with van der Waals surface area (Å²) in [6, 6.07) is 6.46. The molecule has 2 aromatic rings. The molecule has 6 nitrogen and oxygen atoms in total. The first-order valence-electron chi connectivity index (χ1n) is 12.0. The third-order valence-electron chi connectivity index (χ3n) is 5.27. The van der Waals surface area contributed by atoms with E-state index in [0.29, 0.717) is 6.42 Å². The van der Waals surface area contributed by atoms with Crippen LogP contribution in [-0.2, 0) is 9.53 Å². The molecule has 2 rings (SSSR count). The highest BCUT2D eigenvalue weighted by Gasteiger charge is 2.18. The smallest absolute Gasteiger partial charge is 0.343 e. The maximum absolute atomic E-state index is 14.4. The second-order valence-electron chi connectivity index (χ2n) is 8.10. The molecule has 0 aliphatic rings. The summed E-state index contributed by atoms with van der Waals surface area (Å²) in [6.45, 7) is 3.92. The Balaban J connectivity index is 1.85. The first-order chi connectivity index (χ1) is 16.8. The van der Waals surface area contributed by atoms with Crippen LogP contribution in [0.2, 0.25) is 0 Å². The van der Waals surface area contributed by atoms with E-state index in [1.54, 1.807) is 6.92 Å². The molecule has 8 heteroatoms. The van der Waals surface area contributed by atoms with E-state index in [1.165, 1.54) is 37.8 Å². The molecule has 0 amide bonds. The first kappa shape index (κ1) is 28.0. The Kier molecular flexibility index (Phi) is 11.9. The summed E-state index contributed by atoms with van der Waals surface area (Å²) in [5.74, 6) is -4.85. The van der Waals surface area contributed by atoms with Crippen LogP contribution in [0.1, 0.15) is 92.4 Å². The molecule has 0 spiro atoms. The van der Waals surface area contributed by atoms with E-state index in [9.17, 15) is 23.2 Å². The highest BCUT2D eigenvalue weighted by molar-refractivity contribution is 5.92. The molecule has 0 unspecified atom stereocenters. The lowest BCUT2D eigenvalue weighted by molar-refractivity contribution is -0.134. The van der Waals surface area contributed by atoms with Gasteiger partial charge in [0.15, 0.2) is 23.1 Å². The third kappa shape index (κ3) is 9.47. The summed E-state index contributed by atoms with van der Waals surface area (Å²) < 4.78 is 43.4. The van der Waals surface area contributed by atoms with Gasteiger partial charge in [0.05, 0.1) is 17.7 Å². The van der Waals surface area contributed by atoms with Crippen molar-refractivity contribution in [1.82, 2.24) is 0 Å². The number of esters is 3. The Morgan fingerprint density at radius 2 is 1.20 bits per heavy atom. The molecular weight excluding hydrogens is 458 g/mol. The monoisotopic (exact) mass is 490 g/mol. The van der Waals surface area contributed by atoms with Crippen molar-refractivity contribution in [1.29, 1.82) is 0 Å². The quantitative estimate of drug-likeness (QED) is 0.165. The zero-order valence-electron chi connectivity index (χ0n) is 20.2. The predicted octanol–water partition coefficient (Wildman–Crippen LogP) is 6.80. The summed E-state index contributed by atoms with van der Waals surface area (Å²) in [5, 5.41) is 0. The van der Waals surface area contributed by atoms with E-state index in [1.807, 2.05) is 0 Å². The van der Waals surface area contributed by atoms with Gasteiger partial charge in [0.25, 0.3) is 0 Å². The molecule has 0 saturated heterocycles. The van der Waals surface area contributed by atoms with Crippen LogP contribution >= 0.6 is 0 Å². The van der Waals surface area contributed by atoms with Gasteiger partial charge in [0, 0.05) is 6.42 Å². The second-order valence-corrected chi connectivity index (χ2v) is 8.10. The molecule has 0 heterocycles. The van der Waals surface area contributed by atoms with Gasteiger partial charge in [0.1, 0.15) is 0 Å². The van der Waals surface area contributed by atoms with Crippen LogP contribution in [0.4, 0.5) is 8.78 Å². The van der Waals surface area contributed by atoms with Crippen molar-refractivity contribution in [2.75, 3.05) is 6.61 Å². The number of carbonyl (C=O) groups is 3. The van der Waals surface area contributed by atoms with Crippen molar-refractivity contribution in [3.8, 4) is 11.5 Å². The normalized spacial score (nSPS) is 10.6. The molecule has 0 aliphatic heterocycles. The average molecular weight is 491 g/mol. The minimum Gasteiger partial charge on any atom is -0.462 e. The molecule has 0 N–H and O–H groups in total. The molecule has 0 bridgehead atoms. The number of rotatable bonds is 14. The Bertz CT molecular complexity index is 1010. The fraction of sp³-hybridized carbons (Fsp3) is 0.444. The van der Waals surface area contributed by atoms with Crippen LogP contribution in [0.15, 0.2) is 36.4 Å².